The molecule has 1 aromatic rings. The molecule has 4 nitrogen and oxygen atoms in total. The van der Waals surface area contributed by atoms with Crippen LogP contribution in [0.5, 0.6) is 0 Å². The molecule has 0 heterocycles. The van der Waals surface area contributed by atoms with Crippen molar-refractivity contribution in [2.75, 3.05) is 6.61 Å². The van der Waals surface area contributed by atoms with Gasteiger partial charge in [0, 0.05) is 16.9 Å². The van der Waals surface area contributed by atoms with Crippen molar-refractivity contribution in [2.24, 2.45) is 0 Å². The highest BCUT2D eigenvalue weighted by Gasteiger charge is 2.58. The van der Waals surface area contributed by atoms with E-state index in [1.807, 2.05) is 0 Å². The molecule has 0 fully saturated rings. The minimum absolute atomic E-state index is 0.0198. The molecule has 0 aromatic heterocycles. The van der Waals surface area contributed by atoms with Gasteiger partial charge >= 0.3 is 5.97 Å². The van der Waals surface area contributed by atoms with Gasteiger partial charge in [0.2, 0.25) is 5.67 Å². The van der Waals surface area contributed by atoms with E-state index in [9.17, 15) is 13.7 Å². The lowest BCUT2D eigenvalue weighted by atomic mass is 9.78. The molecule has 0 radical (unpaired) electrons. The van der Waals surface area contributed by atoms with Gasteiger partial charge in [0.25, 0.3) is 0 Å². The van der Waals surface area contributed by atoms with Crippen molar-refractivity contribution in [1.29, 1.82) is 0 Å². The van der Waals surface area contributed by atoms with Crippen LogP contribution in [0.1, 0.15) is 47.1 Å². The molecule has 0 amide bonds. The zero-order chi connectivity index (χ0) is 18.8. The van der Waals surface area contributed by atoms with Gasteiger partial charge < -0.3 is 9.29 Å². The maximum atomic E-state index is 15.5. The number of rotatable bonds is 6. The molecular formula is C17H25F2NO3S. The van der Waals surface area contributed by atoms with Crippen LogP contribution in [-0.4, -0.2) is 27.5 Å². The molecule has 0 aliphatic heterocycles. The molecule has 7 heteroatoms. The van der Waals surface area contributed by atoms with E-state index in [0.717, 1.165) is 13.0 Å². The van der Waals surface area contributed by atoms with Crippen LogP contribution in [0.25, 0.3) is 0 Å². The van der Waals surface area contributed by atoms with Crippen LogP contribution in [0, 0.1) is 5.82 Å². The molecule has 24 heavy (non-hydrogen) atoms. The number of carbonyl (C=O) groups is 1. The number of hydrogen-bond donors (Lipinski definition) is 1. The average molecular weight is 361 g/mol. The van der Waals surface area contributed by atoms with Crippen molar-refractivity contribution >= 4 is 17.3 Å². The highest BCUT2D eigenvalue weighted by molar-refractivity contribution is 7.90. The van der Waals surface area contributed by atoms with Crippen molar-refractivity contribution in [1.82, 2.24) is 4.72 Å². The smallest absolute Gasteiger partial charge is 0.346 e. The maximum absolute atomic E-state index is 15.5. The monoisotopic (exact) mass is 361 g/mol. The lowest BCUT2D eigenvalue weighted by molar-refractivity contribution is -0.161. The third kappa shape index (κ3) is 4.07. The van der Waals surface area contributed by atoms with Crippen LogP contribution in [0.2, 0.25) is 0 Å². The first-order valence-electron chi connectivity index (χ1n) is 7.68. The van der Waals surface area contributed by atoms with Gasteiger partial charge in [0.05, 0.1) is 6.61 Å². The van der Waals surface area contributed by atoms with Crippen LogP contribution in [0.3, 0.4) is 0 Å². The quantitative estimate of drug-likeness (QED) is 0.623. The summed E-state index contributed by atoms with van der Waals surface area (Å²) in [5.41, 5.74) is -4.63. The number of ether oxygens (including phenoxy) is 1. The predicted molar refractivity (Wildman–Crippen MR) is 90.9 cm³/mol. The summed E-state index contributed by atoms with van der Waals surface area (Å²) in [6.07, 6.45) is 0. The van der Waals surface area contributed by atoms with Crippen molar-refractivity contribution in [3.05, 3.63) is 35.6 Å². The lowest BCUT2D eigenvalue weighted by Gasteiger charge is -2.41. The zero-order valence-electron chi connectivity index (χ0n) is 14.9. The Morgan fingerprint density at radius 2 is 1.79 bits per heavy atom. The number of carbonyl (C=O) groups excluding carboxylic acids is 1. The summed E-state index contributed by atoms with van der Waals surface area (Å²) in [6.45, 7) is 8.92. The van der Waals surface area contributed by atoms with Gasteiger partial charge in [0.1, 0.15) is 16.1 Å². The molecule has 1 rings (SSSR count). The second-order valence-corrected chi connectivity index (χ2v) is 8.78. The van der Waals surface area contributed by atoms with E-state index in [-0.39, 0.29) is 12.2 Å². The summed E-state index contributed by atoms with van der Waals surface area (Å²) in [5.74, 6) is -1.85. The summed E-state index contributed by atoms with van der Waals surface area (Å²) >= 11 is -1.75. The SMILES string of the molecule is CCOC(=O)[C@](C)(F)[C@](C)(N[S+]([O-])C(C)(C)C)c1ccccc1F. The van der Waals surface area contributed by atoms with Gasteiger partial charge in [-0.3, -0.25) is 0 Å². The van der Waals surface area contributed by atoms with Gasteiger partial charge in [-0.1, -0.05) is 18.2 Å². The largest absolute Gasteiger partial charge is 0.598 e. The molecule has 0 saturated heterocycles. The summed E-state index contributed by atoms with van der Waals surface area (Å²) in [7, 11) is 0. The van der Waals surface area contributed by atoms with Gasteiger partial charge in [-0.15, -0.1) is 4.72 Å². The van der Waals surface area contributed by atoms with Crippen LogP contribution in [0.4, 0.5) is 8.78 Å². The van der Waals surface area contributed by atoms with Crippen molar-refractivity contribution in [3.8, 4) is 0 Å². The third-order valence-electron chi connectivity index (χ3n) is 3.86. The second kappa shape index (κ2) is 7.37. The fraction of sp³-hybridized carbons (Fsp3) is 0.588. The number of halogens is 2. The van der Waals surface area contributed by atoms with Crippen molar-refractivity contribution in [2.45, 2.75) is 57.5 Å². The molecule has 0 saturated carbocycles. The van der Waals surface area contributed by atoms with E-state index in [0.29, 0.717) is 0 Å². The van der Waals surface area contributed by atoms with Crippen LogP contribution < -0.4 is 4.72 Å². The minimum atomic E-state index is -2.65. The van der Waals surface area contributed by atoms with E-state index < -0.39 is 39.1 Å². The van der Waals surface area contributed by atoms with E-state index in [4.69, 9.17) is 4.74 Å². The number of hydrogen-bond acceptors (Lipinski definition) is 4. The molecule has 3 atom stereocenters. The molecule has 1 unspecified atom stereocenters. The van der Waals surface area contributed by atoms with Crippen molar-refractivity contribution < 1.29 is 22.9 Å². The molecule has 0 spiro atoms. The molecular weight excluding hydrogens is 336 g/mol. The Bertz CT molecular complexity index is 589. The summed E-state index contributed by atoms with van der Waals surface area (Å²) in [5, 5.41) is 0. The normalized spacial score (nSPS) is 18.4. The van der Waals surface area contributed by atoms with Gasteiger partial charge in [0.15, 0.2) is 0 Å². The molecule has 0 bridgehead atoms. The highest BCUT2D eigenvalue weighted by atomic mass is 32.2. The average Bonchev–Trinajstić information content (AvgIpc) is 2.46. The van der Waals surface area contributed by atoms with E-state index in [2.05, 4.69) is 4.72 Å². The Hall–Kier alpha value is -1.18. The first-order valence-corrected chi connectivity index (χ1v) is 8.83. The summed E-state index contributed by atoms with van der Waals surface area (Å²) in [6, 6.07) is 5.51. The Balaban J connectivity index is 3.47. The number of benzene rings is 1. The molecule has 136 valence electrons. The fourth-order valence-corrected chi connectivity index (χ4v) is 3.06. The Kier molecular flexibility index (Phi) is 6.41. The number of alkyl halides is 1. The summed E-state index contributed by atoms with van der Waals surface area (Å²) in [4.78, 5) is 12.2. The Labute approximate surface area is 145 Å². The van der Waals surface area contributed by atoms with Gasteiger partial charge in [-0.25, -0.2) is 13.6 Å². The lowest BCUT2D eigenvalue weighted by Crippen LogP contribution is -2.62. The van der Waals surface area contributed by atoms with Gasteiger partial charge in [-0.05, 0) is 47.6 Å². The fourth-order valence-electron chi connectivity index (χ4n) is 2.08. The third-order valence-corrected chi connectivity index (χ3v) is 5.57. The number of esters is 1. The molecule has 1 aromatic carbocycles. The molecule has 0 aliphatic carbocycles. The molecule has 0 aliphatic rings. The zero-order valence-corrected chi connectivity index (χ0v) is 15.7. The first-order chi connectivity index (χ1) is 10.9. The molecule has 1 N–H and O–H groups in total. The van der Waals surface area contributed by atoms with Crippen LogP contribution in [0.15, 0.2) is 24.3 Å². The minimum Gasteiger partial charge on any atom is -0.598 e. The Morgan fingerprint density at radius 1 is 1.25 bits per heavy atom. The standard InChI is InChI=1S/C17H25F2NO3S/c1-7-23-14(21)16(5,19)17(6,20-24(22)15(2,3)4)12-10-8-9-11-13(12)18/h8-11,20H,7H2,1-6H3/t16-,17+,24?/m0/s1. The summed E-state index contributed by atoms with van der Waals surface area (Å²) < 4.78 is 49.1. The van der Waals surface area contributed by atoms with E-state index in [1.165, 1.54) is 25.1 Å². The predicted octanol–water partition coefficient (Wildman–Crippen LogP) is 3.38. The van der Waals surface area contributed by atoms with Crippen molar-refractivity contribution in [3.63, 3.8) is 0 Å². The number of nitrogens with one attached hydrogen (secondary N) is 1. The second-order valence-electron chi connectivity index (χ2n) is 6.81. The van der Waals surface area contributed by atoms with E-state index in [1.54, 1.807) is 27.7 Å². The maximum Gasteiger partial charge on any atom is 0.346 e. The van der Waals surface area contributed by atoms with Crippen LogP contribution in [-0.2, 0) is 26.4 Å². The van der Waals surface area contributed by atoms with E-state index >= 15 is 4.39 Å². The van der Waals surface area contributed by atoms with Gasteiger partial charge in [-0.2, -0.15) is 0 Å². The highest BCUT2D eigenvalue weighted by Crippen LogP contribution is 2.40. The first kappa shape index (κ1) is 20.9. The Morgan fingerprint density at radius 3 is 2.25 bits per heavy atom. The topological polar surface area (TPSA) is 61.4 Å². The van der Waals surface area contributed by atoms with Crippen LogP contribution >= 0.6 is 0 Å².